The number of hydrogen-bond acceptors (Lipinski definition) is 8. The molecule has 1 atom stereocenters. The summed E-state index contributed by atoms with van der Waals surface area (Å²) in [6, 6.07) is 9.97. The molecular formula is C28H32F3IN6O3. The number of nitrogens with one attached hydrogen (secondary N) is 1. The van der Waals surface area contributed by atoms with E-state index in [1.807, 2.05) is 38.1 Å². The molecule has 13 heteroatoms. The summed E-state index contributed by atoms with van der Waals surface area (Å²) >= 11 is 2.07. The number of rotatable bonds is 10. The number of hydrogen-bond donors (Lipinski definition) is 1. The minimum atomic E-state index is -4.80. The highest BCUT2D eigenvalue weighted by Crippen LogP contribution is 2.34. The van der Waals surface area contributed by atoms with Crippen molar-refractivity contribution in [2.45, 2.75) is 46.0 Å². The summed E-state index contributed by atoms with van der Waals surface area (Å²) in [5, 5.41) is 0. The number of pyridine rings is 3. The fraction of sp³-hybridized carbons (Fsp3) is 0.429. The number of amides is 1. The van der Waals surface area contributed by atoms with Crippen LogP contribution in [0.1, 0.15) is 48.9 Å². The third-order valence-electron chi connectivity index (χ3n) is 6.72. The Morgan fingerprint density at radius 1 is 1.07 bits per heavy atom. The Morgan fingerprint density at radius 2 is 1.85 bits per heavy atom. The minimum Gasteiger partial charge on any atom is -0.478 e. The van der Waals surface area contributed by atoms with Gasteiger partial charge in [0.05, 0.1) is 41.4 Å². The second kappa shape index (κ2) is 13.6. The van der Waals surface area contributed by atoms with Crippen LogP contribution in [-0.2, 0) is 12.7 Å². The highest BCUT2D eigenvalue weighted by Gasteiger charge is 2.40. The van der Waals surface area contributed by atoms with E-state index >= 15 is 0 Å². The van der Waals surface area contributed by atoms with E-state index in [1.165, 1.54) is 11.0 Å². The van der Waals surface area contributed by atoms with Crippen LogP contribution in [0.5, 0.6) is 11.8 Å². The molecule has 1 saturated heterocycles. The zero-order valence-corrected chi connectivity index (χ0v) is 25.2. The van der Waals surface area contributed by atoms with Gasteiger partial charge < -0.3 is 19.3 Å². The topological polar surface area (TPSA) is 92.7 Å². The average molecular weight is 685 g/mol. The molecule has 41 heavy (non-hydrogen) atoms. The van der Waals surface area contributed by atoms with Gasteiger partial charge in [-0.3, -0.25) is 8.32 Å². The minimum absolute atomic E-state index is 0.129. The van der Waals surface area contributed by atoms with Crippen molar-refractivity contribution in [2.24, 2.45) is 0 Å². The Bertz CT molecular complexity index is 1360. The van der Waals surface area contributed by atoms with Gasteiger partial charge in [-0.15, -0.1) is 0 Å². The Hall–Kier alpha value is -3.20. The molecule has 0 saturated carbocycles. The second-order valence-corrected chi connectivity index (χ2v) is 10.0. The number of halogens is 4. The SMILES string of the molecule is CCOc1ccc(C(=O)N2CCN(c3ccc(-c4cccnc4OCC)nc3CNI)[C@H](CC)C2)c(C(F)(F)F)n1. The molecule has 0 radical (unpaired) electrons. The lowest BCUT2D eigenvalue weighted by Gasteiger charge is -2.43. The molecule has 1 aliphatic heterocycles. The number of carbonyl (C=O) groups is 1. The maximum atomic E-state index is 13.8. The van der Waals surface area contributed by atoms with Crippen LogP contribution in [0.25, 0.3) is 11.3 Å². The molecule has 1 fully saturated rings. The molecule has 1 aliphatic rings. The lowest BCUT2D eigenvalue weighted by atomic mass is 10.0. The summed E-state index contributed by atoms with van der Waals surface area (Å²) in [4.78, 5) is 29.9. The van der Waals surface area contributed by atoms with E-state index in [9.17, 15) is 18.0 Å². The van der Waals surface area contributed by atoms with E-state index in [1.54, 1.807) is 13.1 Å². The third kappa shape index (κ3) is 7.00. The zero-order chi connectivity index (χ0) is 29.6. The number of nitrogens with zero attached hydrogens (tertiary/aromatic N) is 5. The zero-order valence-electron chi connectivity index (χ0n) is 23.0. The maximum absolute atomic E-state index is 13.8. The summed E-state index contributed by atoms with van der Waals surface area (Å²) in [5.74, 6) is -0.363. The molecule has 4 heterocycles. The van der Waals surface area contributed by atoms with Gasteiger partial charge in [0.25, 0.3) is 5.91 Å². The standard InChI is InChI=1S/C28H32F3IN6O3/c1-4-18-17-37(27(39)20-9-12-24(40-5-2)36-25(20)28(29,30)31)14-15-38(18)23-11-10-21(35-22(23)16-34-32)19-8-7-13-33-26(19)41-6-3/h7-13,18,34H,4-6,14-17H2,1-3H3/t18-/m1/s1. The Morgan fingerprint density at radius 3 is 2.54 bits per heavy atom. The molecule has 1 N–H and O–H groups in total. The van der Waals surface area contributed by atoms with Gasteiger partial charge in [0.1, 0.15) is 0 Å². The van der Waals surface area contributed by atoms with Crippen molar-refractivity contribution >= 4 is 34.5 Å². The summed E-state index contributed by atoms with van der Waals surface area (Å²) in [6.45, 7) is 7.60. The van der Waals surface area contributed by atoms with Crippen molar-refractivity contribution in [3.8, 4) is 23.0 Å². The van der Waals surface area contributed by atoms with Crippen LogP contribution < -0.4 is 17.9 Å². The van der Waals surface area contributed by atoms with E-state index in [0.717, 1.165) is 28.7 Å². The van der Waals surface area contributed by atoms with Crippen molar-refractivity contribution in [1.82, 2.24) is 23.4 Å². The summed E-state index contributed by atoms with van der Waals surface area (Å²) in [7, 11) is 0. The van der Waals surface area contributed by atoms with Crippen molar-refractivity contribution in [3.05, 3.63) is 59.5 Å². The number of aromatic nitrogens is 3. The molecule has 0 aromatic carbocycles. The van der Waals surface area contributed by atoms with Crippen LogP contribution >= 0.6 is 22.9 Å². The lowest BCUT2D eigenvalue weighted by molar-refractivity contribution is -0.141. The van der Waals surface area contributed by atoms with Gasteiger partial charge in [-0.25, -0.2) is 15.0 Å². The molecule has 0 spiro atoms. The number of ether oxygens (including phenoxy) is 2. The Labute approximate surface area is 251 Å². The first-order valence-electron chi connectivity index (χ1n) is 13.4. The summed E-state index contributed by atoms with van der Waals surface area (Å²) < 4.78 is 55.5. The number of carbonyl (C=O) groups excluding carboxylic acids is 1. The molecule has 3 aromatic rings. The van der Waals surface area contributed by atoms with Gasteiger partial charge in [-0.2, -0.15) is 13.2 Å². The fourth-order valence-corrected chi connectivity index (χ4v) is 5.23. The molecule has 0 aliphatic carbocycles. The normalized spacial score (nSPS) is 15.6. The van der Waals surface area contributed by atoms with E-state index in [2.05, 4.69) is 41.3 Å². The van der Waals surface area contributed by atoms with Crippen LogP contribution in [0.3, 0.4) is 0 Å². The molecule has 0 unspecified atom stereocenters. The second-order valence-electron chi connectivity index (χ2n) is 9.24. The van der Waals surface area contributed by atoms with Crippen molar-refractivity contribution in [3.63, 3.8) is 0 Å². The van der Waals surface area contributed by atoms with Crippen LogP contribution in [0.15, 0.2) is 42.6 Å². The largest absolute Gasteiger partial charge is 0.478 e. The quantitative estimate of drug-likeness (QED) is 0.220. The number of alkyl halides is 3. The third-order valence-corrected chi connectivity index (χ3v) is 7.11. The van der Waals surface area contributed by atoms with Gasteiger partial charge in [0, 0.05) is 67.3 Å². The van der Waals surface area contributed by atoms with Crippen LogP contribution in [-0.4, -0.2) is 64.6 Å². The summed E-state index contributed by atoms with van der Waals surface area (Å²) in [6.07, 6.45) is -2.45. The van der Waals surface area contributed by atoms with Crippen molar-refractivity contribution < 1.29 is 27.4 Å². The van der Waals surface area contributed by atoms with Crippen molar-refractivity contribution in [1.29, 1.82) is 0 Å². The van der Waals surface area contributed by atoms with Gasteiger partial charge in [-0.05, 0) is 50.6 Å². The highest BCUT2D eigenvalue weighted by atomic mass is 127. The highest BCUT2D eigenvalue weighted by molar-refractivity contribution is 14.1. The number of piperazine rings is 1. The monoisotopic (exact) mass is 684 g/mol. The molecular weight excluding hydrogens is 652 g/mol. The molecule has 220 valence electrons. The van der Waals surface area contributed by atoms with Gasteiger partial charge in [-0.1, -0.05) is 6.92 Å². The Balaban J connectivity index is 1.61. The van der Waals surface area contributed by atoms with E-state index in [4.69, 9.17) is 14.5 Å². The van der Waals surface area contributed by atoms with E-state index < -0.39 is 23.3 Å². The van der Waals surface area contributed by atoms with E-state index in [-0.39, 0.29) is 31.6 Å². The summed E-state index contributed by atoms with van der Waals surface area (Å²) in [5.41, 5.74) is 1.49. The first-order chi connectivity index (χ1) is 19.7. The first-order valence-corrected chi connectivity index (χ1v) is 14.5. The molecule has 4 rings (SSSR count). The van der Waals surface area contributed by atoms with E-state index in [0.29, 0.717) is 32.0 Å². The van der Waals surface area contributed by atoms with Gasteiger partial charge in [0.2, 0.25) is 11.8 Å². The smallest absolute Gasteiger partial charge is 0.434 e. The Kier molecular flexibility index (Phi) is 10.2. The molecule has 0 bridgehead atoms. The average Bonchev–Trinajstić information content (AvgIpc) is 2.97. The van der Waals surface area contributed by atoms with Crippen LogP contribution in [0.4, 0.5) is 18.9 Å². The maximum Gasteiger partial charge on any atom is 0.434 e. The van der Waals surface area contributed by atoms with Crippen LogP contribution in [0, 0.1) is 0 Å². The van der Waals surface area contributed by atoms with Crippen LogP contribution in [0.2, 0.25) is 0 Å². The van der Waals surface area contributed by atoms with Gasteiger partial charge in [0.15, 0.2) is 5.69 Å². The van der Waals surface area contributed by atoms with Gasteiger partial charge >= 0.3 is 6.18 Å². The first kappa shape index (κ1) is 30.8. The lowest BCUT2D eigenvalue weighted by Crippen LogP contribution is -2.55. The predicted molar refractivity (Wildman–Crippen MR) is 157 cm³/mol. The molecule has 3 aromatic heterocycles. The molecule has 1 amide bonds. The number of anilines is 1. The predicted octanol–water partition coefficient (Wildman–Crippen LogP) is 5.54. The van der Waals surface area contributed by atoms with Crippen molar-refractivity contribution in [2.75, 3.05) is 37.7 Å². The molecule has 9 nitrogen and oxygen atoms in total. The fourth-order valence-electron chi connectivity index (χ4n) is 4.87.